The van der Waals surface area contributed by atoms with Crippen LogP contribution in [0.3, 0.4) is 0 Å². The zero-order valence-corrected chi connectivity index (χ0v) is 13.1. The van der Waals surface area contributed by atoms with E-state index in [4.69, 9.17) is 11.6 Å². The predicted octanol–water partition coefficient (Wildman–Crippen LogP) is 4.30. The Morgan fingerprint density at radius 2 is 2.00 bits per heavy atom. The van der Waals surface area contributed by atoms with Gasteiger partial charge in [-0.25, -0.2) is 8.78 Å². The Bertz CT molecular complexity index is 512. The molecule has 2 atom stereocenters. The fourth-order valence-corrected chi connectivity index (χ4v) is 3.33. The first-order valence-corrected chi connectivity index (χ1v) is 7.85. The fraction of sp³-hybridized carbons (Fsp3) is 0.500. The Morgan fingerprint density at radius 3 is 2.70 bits per heavy atom. The summed E-state index contributed by atoms with van der Waals surface area (Å²) in [6.45, 7) is 0.457. The minimum absolute atomic E-state index is 0.311. The minimum atomic E-state index is -0.812. The van der Waals surface area contributed by atoms with Crippen molar-refractivity contribution in [2.45, 2.75) is 30.5 Å². The van der Waals surface area contributed by atoms with Crippen LogP contribution in [-0.2, 0) is 0 Å². The SMILES string of the molecule is O=C(NCC1CCCCC1Br)c1cc(F)c(Cl)cc1F. The lowest BCUT2D eigenvalue weighted by molar-refractivity contribution is 0.0940. The summed E-state index contributed by atoms with van der Waals surface area (Å²) in [4.78, 5) is 12.3. The van der Waals surface area contributed by atoms with Crippen LogP contribution < -0.4 is 5.32 Å². The lowest BCUT2D eigenvalue weighted by atomic mass is 9.89. The molecule has 2 rings (SSSR count). The van der Waals surface area contributed by atoms with Crippen molar-refractivity contribution in [3.63, 3.8) is 0 Å². The third-order valence-electron chi connectivity index (χ3n) is 3.60. The molecule has 1 N–H and O–H groups in total. The van der Waals surface area contributed by atoms with Crippen LogP contribution in [-0.4, -0.2) is 17.3 Å². The third kappa shape index (κ3) is 3.70. The molecule has 0 aliphatic heterocycles. The van der Waals surface area contributed by atoms with Gasteiger partial charge in [-0.2, -0.15) is 0 Å². The lowest BCUT2D eigenvalue weighted by Crippen LogP contribution is -2.35. The standard InChI is InChI=1S/C14H15BrClF2NO/c15-10-4-2-1-3-8(10)7-19-14(20)9-5-13(18)11(16)6-12(9)17/h5-6,8,10H,1-4,7H2,(H,19,20). The van der Waals surface area contributed by atoms with Gasteiger partial charge in [0.25, 0.3) is 5.91 Å². The van der Waals surface area contributed by atoms with Crippen molar-refractivity contribution in [2.75, 3.05) is 6.54 Å². The van der Waals surface area contributed by atoms with Crippen LogP contribution in [0.15, 0.2) is 12.1 Å². The van der Waals surface area contributed by atoms with Crippen LogP contribution in [0.5, 0.6) is 0 Å². The Hall–Kier alpha value is -0.680. The molecule has 1 aromatic carbocycles. The van der Waals surface area contributed by atoms with E-state index in [2.05, 4.69) is 21.2 Å². The monoisotopic (exact) mass is 365 g/mol. The average molecular weight is 367 g/mol. The van der Waals surface area contributed by atoms with Crippen molar-refractivity contribution in [3.05, 3.63) is 34.4 Å². The molecule has 2 nitrogen and oxygen atoms in total. The number of hydrogen-bond donors (Lipinski definition) is 1. The number of halogens is 4. The second-order valence-corrected chi connectivity index (χ2v) is 6.60. The molecule has 1 aliphatic rings. The average Bonchev–Trinajstić information content (AvgIpc) is 2.41. The Balaban J connectivity index is 2.00. The molecule has 1 amide bonds. The summed E-state index contributed by atoms with van der Waals surface area (Å²) in [5.41, 5.74) is -0.311. The number of benzene rings is 1. The molecular weight excluding hydrogens is 352 g/mol. The first-order valence-electron chi connectivity index (χ1n) is 6.56. The van der Waals surface area contributed by atoms with Crippen molar-refractivity contribution in [2.24, 2.45) is 5.92 Å². The van der Waals surface area contributed by atoms with E-state index in [0.717, 1.165) is 31.4 Å². The van der Waals surface area contributed by atoms with E-state index in [0.29, 0.717) is 17.3 Å². The molecular formula is C14H15BrClF2NO. The van der Waals surface area contributed by atoms with E-state index >= 15 is 0 Å². The molecule has 0 saturated heterocycles. The summed E-state index contributed by atoms with van der Waals surface area (Å²) in [6.07, 6.45) is 4.40. The molecule has 0 bridgehead atoms. The normalized spacial score (nSPS) is 22.6. The largest absolute Gasteiger partial charge is 0.352 e. The van der Waals surface area contributed by atoms with E-state index in [-0.39, 0.29) is 10.6 Å². The van der Waals surface area contributed by atoms with Gasteiger partial charge >= 0.3 is 0 Å². The van der Waals surface area contributed by atoms with Gasteiger partial charge < -0.3 is 5.32 Å². The number of nitrogens with one attached hydrogen (secondary N) is 1. The van der Waals surface area contributed by atoms with Crippen molar-refractivity contribution < 1.29 is 13.6 Å². The fourth-order valence-electron chi connectivity index (χ4n) is 2.41. The van der Waals surface area contributed by atoms with Gasteiger partial charge in [0.05, 0.1) is 10.6 Å². The smallest absolute Gasteiger partial charge is 0.254 e. The van der Waals surface area contributed by atoms with Crippen LogP contribution in [0.25, 0.3) is 0 Å². The first kappa shape index (κ1) is 15.7. The van der Waals surface area contributed by atoms with Crippen molar-refractivity contribution in [3.8, 4) is 0 Å². The minimum Gasteiger partial charge on any atom is -0.352 e. The number of hydrogen-bond acceptors (Lipinski definition) is 1. The van der Waals surface area contributed by atoms with Crippen molar-refractivity contribution in [1.29, 1.82) is 0 Å². The van der Waals surface area contributed by atoms with Crippen molar-refractivity contribution >= 4 is 33.4 Å². The zero-order valence-electron chi connectivity index (χ0n) is 10.8. The molecule has 20 heavy (non-hydrogen) atoms. The number of amides is 1. The lowest BCUT2D eigenvalue weighted by Gasteiger charge is -2.27. The molecule has 0 aromatic heterocycles. The quantitative estimate of drug-likeness (QED) is 0.627. The van der Waals surface area contributed by atoms with Gasteiger partial charge in [-0.3, -0.25) is 4.79 Å². The molecule has 1 fully saturated rings. The summed E-state index contributed by atoms with van der Waals surface area (Å²) in [7, 11) is 0. The summed E-state index contributed by atoms with van der Waals surface area (Å²) in [6, 6.07) is 1.65. The number of carbonyl (C=O) groups is 1. The molecule has 2 unspecified atom stereocenters. The summed E-state index contributed by atoms with van der Waals surface area (Å²) in [5.74, 6) is -1.89. The zero-order chi connectivity index (χ0) is 14.7. The second kappa shape index (κ2) is 6.85. The maximum Gasteiger partial charge on any atom is 0.254 e. The van der Waals surface area contributed by atoms with E-state index in [9.17, 15) is 13.6 Å². The molecule has 110 valence electrons. The van der Waals surface area contributed by atoms with Crippen LogP contribution >= 0.6 is 27.5 Å². The number of rotatable bonds is 3. The molecule has 1 saturated carbocycles. The van der Waals surface area contributed by atoms with E-state index < -0.39 is 17.5 Å². The van der Waals surface area contributed by atoms with Gasteiger partial charge in [0.15, 0.2) is 0 Å². The molecule has 1 aliphatic carbocycles. The van der Waals surface area contributed by atoms with E-state index in [1.54, 1.807) is 0 Å². The molecule has 0 spiro atoms. The number of carbonyl (C=O) groups excluding carboxylic acids is 1. The highest BCUT2D eigenvalue weighted by Gasteiger charge is 2.24. The molecule has 0 heterocycles. The number of alkyl halides is 1. The first-order chi connectivity index (χ1) is 9.49. The summed E-state index contributed by atoms with van der Waals surface area (Å²) in [5, 5.41) is 2.34. The van der Waals surface area contributed by atoms with Crippen LogP contribution in [0.4, 0.5) is 8.78 Å². The van der Waals surface area contributed by atoms with Gasteiger partial charge in [0, 0.05) is 11.4 Å². The van der Waals surface area contributed by atoms with Crippen LogP contribution in [0, 0.1) is 17.6 Å². The highest BCUT2D eigenvalue weighted by molar-refractivity contribution is 9.09. The summed E-state index contributed by atoms with van der Waals surface area (Å²) < 4.78 is 26.9. The molecule has 1 aromatic rings. The van der Waals surface area contributed by atoms with Gasteiger partial charge in [0.1, 0.15) is 11.6 Å². The van der Waals surface area contributed by atoms with Gasteiger partial charge in [-0.1, -0.05) is 40.4 Å². The van der Waals surface area contributed by atoms with Gasteiger partial charge in [-0.15, -0.1) is 0 Å². The Labute approximate surface area is 130 Å². The van der Waals surface area contributed by atoms with Crippen LogP contribution in [0.1, 0.15) is 36.0 Å². The maximum absolute atomic E-state index is 13.6. The van der Waals surface area contributed by atoms with Crippen molar-refractivity contribution in [1.82, 2.24) is 5.32 Å². The molecule has 6 heteroatoms. The van der Waals surface area contributed by atoms with E-state index in [1.807, 2.05) is 0 Å². The highest BCUT2D eigenvalue weighted by Crippen LogP contribution is 2.29. The van der Waals surface area contributed by atoms with E-state index in [1.165, 1.54) is 6.42 Å². The van der Waals surface area contributed by atoms with Gasteiger partial charge in [0.2, 0.25) is 0 Å². The Kier molecular flexibility index (Phi) is 5.38. The predicted molar refractivity (Wildman–Crippen MR) is 78.4 cm³/mol. The Morgan fingerprint density at radius 1 is 1.30 bits per heavy atom. The maximum atomic E-state index is 13.6. The third-order valence-corrected chi connectivity index (χ3v) is 5.09. The molecule has 0 radical (unpaired) electrons. The highest BCUT2D eigenvalue weighted by atomic mass is 79.9. The summed E-state index contributed by atoms with van der Waals surface area (Å²) >= 11 is 9.05. The second-order valence-electron chi connectivity index (χ2n) is 5.02. The van der Waals surface area contributed by atoms with Gasteiger partial charge in [-0.05, 0) is 30.9 Å². The topological polar surface area (TPSA) is 29.1 Å². The van der Waals surface area contributed by atoms with Crippen LogP contribution in [0.2, 0.25) is 5.02 Å².